The number of likely N-dealkylation sites (tertiary alicyclic amines) is 2. The average Bonchev–Trinajstić information content (AvgIpc) is 1.68. The molecule has 3 atom stereocenters. The summed E-state index contributed by atoms with van der Waals surface area (Å²) in [4.78, 5) is 65.7. The van der Waals surface area contributed by atoms with Gasteiger partial charge in [-0.2, -0.15) is 10.2 Å². The summed E-state index contributed by atoms with van der Waals surface area (Å²) in [6.07, 6.45) is 15.2. The maximum atomic E-state index is 13.2. The Kier molecular flexibility index (Phi) is 35.2. The van der Waals surface area contributed by atoms with E-state index in [1.807, 2.05) is 161 Å². The molecule has 30 heteroatoms. The van der Waals surface area contributed by atoms with E-state index in [1.54, 1.807) is 40.3 Å². The number of pyridine rings is 4. The highest BCUT2D eigenvalue weighted by Gasteiger charge is 2.52. The molecule has 104 heavy (non-hydrogen) atoms. The van der Waals surface area contributed by atoms with E-state index in [0.29, 0.717) is 83.7 Å². The Morgan fingerprint density at radius 2 is 0.971 bits per heavy atom. The first-order valence-corrected chi connectivity index (χ1v) is 40.0. The second-order valence-electron chi connectivity index (χ2n) is 25.8. The number of nitrogen functional groups attached to an aromatic ring is 1. The molecule has 6 aromatic heterocycles. The van der Waals surface area contributed by atoms with Gasteiger partial charge in [0, 0.05) is 160 Å². The number of Topliss-reactive ketones (excluding diaryl/α,β-unsaturated/α-hetero) is 3. The van der Waals surface area contributed by atoms with Crippen LogP contribution in [0.5, 0.6) is 0 Å². The minimum atomic E-state index is -0.799. The molecule has 4 aromatic carbocycles. The summed E-state index contributed by atoms with van der Waals surface area (Å²) >= 11 is 29.8. The van der Waals surface area contributed by atoms with Crippen LogP contribution in [-0.2, 0) is 61.8 Å². The van der Waals surface area contributed by atoms with Crippen LogP contribution in [0.15, 0.2) is 160 Å². The van der Waals surface area contributed by atoms with Gasteiger partial charge in [0.2, 0.25) is 5.24 Å². The van der Waals surface area contributed by atoms with Crippen LogP contribution in [-0.4, -0.2) is 175 Å². The van der Waals surface area contributed by atoms with Crippen LogP contribution >= 0.6 is 128 Å². The molecule has 14 rings (SSSR count). The number of carbonyl (C=O) groups excluding carboxylic acids is 4. The van der Waals surface area contributed by atoms with Crippen LogP contribution in [0.25, 0.3) is 54.2 Å². The van der Waals surface area contributed by atoms with Gasteiger partial charge in [-0.1, -0.05) is 123 Å². The smallest absolute Gasteiger partial charge is 0.399 e. The number of alkyl halides is 7. The number of hydrogen-bond donors (Lipinski definition) is 2. The van der Waals surface area contributed by atoms with Gasteiger partial charge in [-0.25, -0.2) is 18.2 Å². The van der Waals surface area contributed by atoms with E-state index < -0.39 is 23.8 Å². The highest BCUT2D eigenvalue weighted by atomic mass is 127. The number of nitrogens with one attached hydrogen (secondary N) is 1. The van der Waals surface area contributed by atoms with Crippen molar-refractivity contribution in [2.45, 2.75) is 95.9 Å². The van der Waals surface area contributed by atoms with E-state index in [4.69, 9.17) is 49.8 Å². The molecule has 554 valence electrons. The Morgan fingerprint density at radius 1 is 0.558 bits per heavy atom. The molecular formula is C74H82BBr3Cl3F3I2N12O6. The number of hydrogen-bond acceptors (Lipinski definition) is 16. The number of aromatic nitrogens is 8. The largest absolute Gasteiger partial charge is 0.498 e. The van der Waals surface area contributed by atoms with E-state index >= 15 is 0 Å². The Bertz CT molecular complexity index is 4440. The number of anilines is 1. The molecule has 4 saturated heterocycles. The Hall–Kier alpha value is -5.16. The van der Waals surface area contributed by atoms with Crippen molar-refractivity contribution >= 4 is 212 Å². The fourth-order valence-corrected chi connectivity index (χ4v) is 12.2. The van der Waals surface area contributed by atoms with Gasteiger partial charge < -0.3 is 20.4 Å². The lowest BCUT2D eigenvalue weighted by Crippen LogP contribution is -2.41. The molecule has 4 aliphatic rings. The van der Waals surface area contributed by atoms with Crippen molar-refractivity contribution in [3.05, 3.63) is 177 Å². The number of halogens is 11. The van der Waals surface area contributed by atoms with Gasteiger partial charge in [0.1, 0.15) is 24.3 Å². The molecule has 0 spiro atoms. The van der Waals surface area contributed by atoms with Gasteiger partial charge in [-0.15, -0.1) is 23.2 Å². The second kappa shape index (κ2) is 42.6. The van der Waals surface area contributed by atoms with Crippen molar-refractivity contribution in [2.75, 3.05) is 72.3 Å². The first kappa shape index (κ1) is 86.1. The summed E-state index contributed by atoms with van der Waals surface area (Å²) in [5.41, 5.74) is 10.4. The highest BCUT2D eigenvalue weighted by molar-refractivity contribution is 14.2. The maximum Gasteiger partial charge on any atom is 0.498 e. The number of rotatable bonds is 14. The topological polar surface area (TPSA) is 218 Å². The fraction of sp³-hybridized carbons (Fsp3) is 0.378. The molecule has 0 saturated carbocycles. The number of nitrogens with zero attached hydrogens (tertiary/aromatic N) is 10. The predicted octanol–water partition coefficient (Wildman–Crippen LogP) is 15.7. The van der Waals surface area contributed by atoms with Crippen LogP contribution in [0, 0.1) is 0 Å². The first-order valence-electron chi connectivity index (χ1n) is 33.2. The Labute approximate surface area is 672 Å². The van der Waals surface area contributed by atoms with Gasteiger partial charge in [-0.3, -0.25) is 53.3 Å². The number of ketones is 3. The third-order valence-corrected chi connectivity index (χ3v) is 19.2. The molecule has 0 bridgehead atoms. The number of benzene rings is 4. The third-order valence-electron chi connectivity index (χ3n) is 16.9. The van der Waals surface area contributed by atoms with Gasteiger partial charge in [0.15, 0.2) is 17.3 Å². The Balaban J connectivity index is 0.000000177. The zero-order valence-corrected chi connectivity index (χ0v) is 69.7. The van der Waals surface area contributed by atoms with Crippen LogP contribution in [0.1, 0.15) is 64.0 Å². The van der Waals surface area contributed by atoms with Crippen molar-refractivity contribution < 1.29 is 41.7 Å². The molecule has 4 fully saturated rings. The molecule has 0 radical (unpaired) electrons. The number of carbonyl (C=O) groups is 4. The highest BCUT2D eigenvalue weighted by Crippen LogP contribution is 2.36. The number of fused-ring (bicyclic) bond motifs is 4. The van der Waals surface area contributed by atoms with Crippen molar-refractivity contribution in [1.82, 2.24) is 54.6 Å². The van der Waals surface area contributed by atoms with Crippen molar-refractivity contribution in [2.24, 2.45) is 14.1 Å². The zero-order valence-electron chi connectivity index (χ0n) is 58.3. The quantitative estimate of drug-likeness (QED) is 0.0447. The predicted molar refractivity (Wildman–Crippen MR) is 441 cm³/mol. The summed E-state index contributed by atoms with van der Waals surface area (Å²) in [7, 11) is 3.47. The summed E-state index contributed by atoms with van der Waals surface area (Å²) in [6.45, 7) is 12.3. The van der Waals surface area contributed by atoms with Crippen LogP contribution in [0.2, 0.25) is 0 Å². The molecule has 18 nitrogen and oxygen atoms in total. The summed E-state index contributed by atoms with van der Waals surface area (Å²) in [5.74, 6) is 0.657. The van der Waals surface area contributed by atoms with E-state index in [0.717, 1.165) is 96.7 Å². The van der Waals surface area contributed by atoms with E-state index in [9.17, 15) is 32.3 Å². The molecule has 0 amide bonds. The SMILES string of the molecule is Cn1cc(-c2ccc3cnc(CC(=O)CN4CC[C@@H](F)C4)cc3c2)cn1.Cn1cc(B2OC(C)(C)C(C)(C)O2)cn1.F[C@@H]1CCNC1.ICI.Nc1cc2cc(Br)ccc2cn1.O=C(CCl)Cc1cc2cc(Br)ccc2cn1.O=C(Cc1cc2cc(Br)ccc2cn1)CN1CC[C@@H](F)C1.O=C(Cl)CCl. The minimum absolute atomic E-state index is 0.0106. The lowest BCUT2D eigenvalue weighted by molar-refractivity contribution is -0.120. The average molecular weight is 1900 g/mol. The Morgan fingerprint density at radius 3 is 1.34 bits per heavy atom. The summed E-state index contributed by atoms with van der Waals surface area (Å²) in [5, 5.41) is 19.3. The van der Waals surface area contributed by atoms with Crippen molar-refractivity contribution in [3.8, 4) is 11.1 Å². The molecular weight excluding hydrogens is 1820 g/mol. The fourth-order valence-electron chi connectivity index (χ4n) is 11.0. The number of nitrogens with two attached hydrogens (primary N) is 1. The van der Waals surface area contributed by atoms with Gasteiger partial charge >= 0.3 is 7.12 Å². The lowest BCUT2D eigenvalue weighted by Gasteiger charge is -2.32. The van der Waals surface area contributed by atoms with E-state index in [2.05, 4.69) is 134 Å². The molecule has 4 aliphatic heterocycles. The van der Waals surface area contributed by atoms with Gasteiger partial charge in [-0.05, 0) is 159 Å². The molecule has 0 aliphatic carbocycles. The minimum Gasteiger partial charge on any atom is -0.399 e. The zero-order chi connectivity index (χ0) is 75.7. The molecule has 10 aromatic rings. The maximum absolute atomic E-state index is 13.2. The standard InChI is InChI=1S/C20H21FN4O.C16H16BrFN2O.C12H9BrClNO.C10H17BN2O2.C9H7BrN2.C4H8FN.C2H2Cl2O.CH2I2/c1-24-11-17(10-23-24)14-2-3-15-9-22-19(7-16(15)6-14)8-20(26)13-25-5-4-18(21)12-25;17-13-2-1-11-8-19-15(6-12(11)5-13)7-16(21)10-20-4-3-14(18)9-20;13-10-2-1-8-7-15-11(4-9(8)3-10)5-12(16)6-14;1-9(2)10(3,4)15-11(14-9)8-6-12-13(5)7-8;10-8-2-1-6-5-12-9(11)4-7(6)3-8;5-4-1-2-6-3-4;3-1-2(4)5;2-1-3/h2-3,6-7,9-11,18H,4-5,8,12-13H2,1H3;1-2,5-6,8,14H,3-4,7,9-10H2;1-4,7H,5-6H2;6-7H,1-5H3;1-5H,(H2,11,12);4,6H,1-3H2;1H2;1H2/t18-;14-;;;;4-;;/m11...1../s1. The van der Waals surface area contributed by atoms with E-state index in [-0.39, 0.29) is 53.9 Å². The normalized spacial score (nSPS) is 17.1. The van der Waals surface area contributed by atoms with Crippen LogP contribution in [0.3, 0.4) is 0 Å². The lowest BCUT2D eigenvalue weighted by atomic mass is 9.82. The van der Waals surface area contributed by atoms with Crippen LogP contribution < -0.4 is 16.5 Å². The number of aryl methyl sites for hydroxylation is 2. The first-order chi connectivity index (χ1) is 49.5. The molecule has 10 heterocycles. The van der Waals surface area contributed by atoms with Crippen molar-refractivity contribution in [3.63, 3.8) is 0 Å². The molecule has 3 N–H and O–H groups in total. The van der Waals surface area contributed by atoms with E-state index in [1.165, 1.54) is 2.43 Å². The van der Waals surface area contributed by atoms with Gasteiger partial charge in [0.25, 0.3) is 0 Å². The van der Waals surface area contributed by atoms with Crippen molar-refractivity contribution in [1.29, 1.82) is 0 Å². The second-order valence-corrected chi connectivity index (χ2v) is 34.0. The third kappa shape index (κ3) is 28.4. The molecule has 0 unspecified atom stereocenters. The monoisotopic (exact) mass is 1900 g/mol. The summed E-state index contributed by atoms with van der Waals surface area (Å²) in [6, 6.07) is 31.8. The van der Waals surface area contributed by atoms with Gasteiger partial charge in [0.05, 0.1) is 57.5 Å². The summed E-state index contributed by atoms with van der Waals surface area (Å²) < 4.78 is 57.8. The van der Waals surface area contributed by atoms with Crippen LogP contribution in [0.4, 0.5) is 19.0 Å².